The van der Waals surface area contributed by atoms with Crippen LogP contribution in [0.25, 0.3) is 0 Å². The van der Waals surface area contributed by atoms with Crippen molar-refractivity contribution in [1.82, 2.24) is 0 Å². The Labute approximate surface area is 75.9 Å². The highest BCUT2D eigenvalue weighted by atomic mass is 16.5. The van der Waals surface area contributed by atoms with Gasteiger partial charge in [-0.25, -0.2) is 0 Å². The fraction of sp³-hybridized carbons (Fsp3) is 1.00. The van der Waals surface area contributed by atoms with E-state index in [0.717, 1.165) is 19.6 Å². The SMILES string of the molecule is CC(C)COCCC(C)C(C)O. The molecule has 0 saturated carbocycles. The molecule has 0 amide bonds. The number of ether oxygens (including phenoxy) is 1. The Balaban J connectivity index is 3.20. The Bertz CT molecular complexity index is 100. The molecule has 0 fully saturated rings. The van der Waals surface area contributed by atoms with Gasteiger partial charge in [0.25, 0.3) is 0 Å². The lowest BCUT2D eigenvalue weighted by Gasteiger charge is -2.14. The summed E-state index contributed by atoms with van der Waals surface area (Å²) >= 11 is 0. The van der Waals surface area contributed by atoms with Gasteiger partial charge < -0.3 is 9.84 Å². The number of aliphatic hydroxyl groups excluding tert-OH is 1. The lowest BCUT2D eigenvalue weighted by Crippen LogP contribution is -2.15. The summed E-state index contributed by atoms with van der Waals surface area (Å²) in [5.74, 6) is 0.948. The zero-order valence-electron chi connectivity index (χ0n) is 8.71. The van der Waals surface area contributed by atoms with E-state index in [1.54, 1.807) is 0 Å². The van der Waals surface area contributed by atoms with Gasteiger partial charge in [-0.1, -0.05) is 20.8 Å². The van der Waals surface area contributed by atoms with E-state index in [1.807, 2.05) is 13.8 Å². The molecular formula is C10H22O2. The summed E-state index contributed by atoms with van der Waals surface area (Å²) in [6.45, 7) is 9.74. The second-order valence-electron chi connectivity index (χ2n) is 3.98. The first-order chi connectivity index (χ1) is 5.54. The molecule has 0 heterocycles. The fourth-order valence-corrected chi connectivity index (χ4v) is 0.829. The van der Waals surface area contributed by atoms with E-state index in [0.29, 0.717) is 11.8 Å². The normalized spacial score (nSPS) is 16.5. The molecule has 0 aliphatic carbocycles. The summed E-state index contributed by atoms with van der Waals surface area (Å²) in [6.07, 6.45) is 0.734. The number of rotatable bonds is 6. The minimum absolute atomic E-state index is 0.215. The lowest BCUT2D eigenvalue weighted by molar-refractivity contribution is 0.0700. The number of hydrogen-bond donors (Lipinski definition) is 1. The van der Waals surface area contributed by atoms with Crippen LogP contribution in [0.2, 0.25) is 0 Å². The van der Waals surface area contributed by atoms with Crippen LogP contribution >= 0.6 is 0 Å². The number of hydrogen-bond acceptors (Lipinski definition) is 2. The van der Waals surface area contributed by atoms with Crippen molar-refractivity contribution in [2.24, 2.45) is 11.8 Å². The second kappa shape index (κ2) is 6.44. The molecule has 0 aromatic carbocycles. The summed E-state index contributed by atoms with van der Waals surface area (Å²) in [5, 5.41) is 9.17. The van der Waals surface area contributed by atoms with Gasteiger partial charge in [-0.2, -0.15) is 0 Å². The topological polar surface area (TPSA) is 29.5 Å². The minimum atomic E-state index is -0.215. The van der Waals surface area contributed by atoms with Gasteiger partial charge in [0, 0.05) is 13.2 Å². The van der Waals surface area contributed by atoms with Crippen molar-refractivity contribution < 1.29 is 9.84 Å². The molecule has 0 radical (unpaired) electrons. The zero-order chi connectivity index (χ0) is 9.56. The molecule has 2 nitrogen and oxygen atoms in total. The van der Waals surface area contributed by atoms with Gasteiger partial charge in [-0.15, -0.1) is 0 Å². The van der Waals surface area contributed by atoms with Crippen LogP contribution in [0.4, 0.5) is 0 Å². The Morgan fingerprint density at radius 1 is 1.17 bits per heavy atom. The predicted octanol–water partition coefficient (Wildman–Crippen LogP) is 2.07. The van der Waals surface area contributed by atoms with Gasteiger partial charge in [-0.05, 0) is 25.2 Å². The first-order valence-electron chi connectivity index (χ1n) is 4.79. The maximum absolute atomic E-state index is 9.17. The molecule has 0 spiro atoms. The highest BCUT2D eigenvalue weighted by Crippen LogP contribution is 2.07. The molecule has 0 aliphatic heterocycles. The van der Waals surface area contributed by atoms with Gasteiger partial charge in [0.15, 0.2) is 0 Å². The second-order valence-corrected chi connectivity index (χ2v) is 3.98. The van der Waals surface area contributed by atoms with Gasteiger partial charge in [0.2, 0.25) is 0 Å². The molecule has 12 heavy (non-hydrogen) atoms. The van der Waals surface area contributed by atoms with Crippen LogP contribution in [0.15, 0.2) is 0 Å². The van der Waals surface area contributed by atoms with E-state index < -0.39 is 0 Å². The molecular weight excluding hydrogens is 152 g/mol. The monoisotopic (exact) mass is 174 g/mol. The van der Waals surface area contributed by atoms with Crippen molar-refractivity contribution in [3.63, 3.8) is 0 Å². The molecule has 2 heteroatoms. The maximum Gasteiger partial charge on any atom is 0.0538 e. The molecule has 0 bridgehead atoms. The van der Waals surface area contributed by atoms with Crippen molar-refractivity contribution in [3.8, 4) is 0 Å². The molecule has 0 aromatic rings. The third kappa shape index (κ3) is 6.62. The standard InChI is InChI=1S/C10H22O2/c1-8(2)7-12-6-5-9(3)10(4)11/h8-11H,5-7H2,1-4H3. The Morgan fingerprint density at radius 2 is 1.75 bits per heavy atom. The zero-order valence-corrected chi connectivity index (χ0v) is 8.71. The molecule has 74 valence electrons. The van der Waals surface area contributed by atoms with E-state index in [1.165, 1.54) is 0 Å². The van der Waals surface area contributed by atoms with Crippen LogP contribution in [0.3, 0.4) is 0 Å². The molecule has 0 aromatic heterocycles. The van der Waals surface area contributed by atoms with E-state index in [4.69, 9.17) is 4.74 Å². The minimum Gasteiger partial charge on any atom is -0.393 e. The van der Waals surface area contributed by atoms with Crippen LogP contribution in [0, 0.1) is 11.8 Å². The Kier molecular flexibility index (Phi) is 6.39. The lowest BCUT2D eigenvalue weighted by atomic mass is 10.0. The maximum atomic E-state index is 9.17. The van der Waals surface area contributed by atoms with Crippen molar-refractivity contribution in [1.29, 1.82) is 0 Å². The van der Waals surface area contributed by atoms with Crippen molar-refractivity contribution in [2.75, 3.05) is 13.2 Å². The number of aliphatic hydroxyl groups is 1. The van der Waals surface area contributed by atoms with E-state index >= 15 is 0 Å². The molecule has 0 saturated heterocycles. The van der Waals surface area contributed by atoms with E-state index in [-0.39, 0.29) is 6.10 Å². The van der Waals surface area contributed by atoms with Crippen molar-refractivity contribution in [3.05, 3.63) is 0 Å². The van der Waals surface area contributed by atoms with Crippen LogP contribution < -0.4 is 0 Å². The fourth-order valence-electron chi connectivity index (χ4n) is 0.829. The molecule has 0 aliphatic rings. The third-order valence-electron chi connectivity index (χ3n) is 1.99. The molecule has 1 N–H and O–H groups in total. The van der Waals surface area contributed by atoms with Gasteiger partial charge in [-0.3, -0.25) is 0 Å². The van der Waals surface area contributed by atoms with Crippen LogP contribution in [-0.4, -0.2) is 24.4 Å². The van der Waals surface area contributed by atoms with Gasteiger partial charge >= 0.3 is 0 Å². The third-order valence-corrected chi connectivity index (χ3v) is 1.99. The highest BCUT2D eigenvalue weighted by molar-refractivity contribution is 4.58. The average molecular weight is 174 g/mol. The first-order valence-corrected chi connectivity index (χ1v) is 4.79. The van der Waals surface area contributed by atoms with E-state index in [9.17, 15) is 5.11 Å². The van der Waals surface area contributed by atoms with Crippen molar-refractivity contribution in [2.45, 2.75) is 40.2 Å². The summed E-state index contributed by atoms with van der Waals surface area (Å²) in [7, 11) is 0. The smallest absolute Gasteiger partial charge is 0.0538 e. The molecule has 0 rings (SSSR count). The van der Waals surface area contributed by atoms with Gasteiger partial charge in [0.05, 0.1) is 6.10 Å². The summed E-state index contributed by atoms with van der Waals surface area (Å²) in [4.78, 5) is 0. The summed E-state index contributed by atoms with van der Waals surface area (Å²) in [6, 6.07) is 0. The average Bonchev–Trinajstić information content (AvgIpc) is 1.97. The molecule has 2 unspecified atom stereocenters. The van der Waals surface area contributed by atoms with Crippen molar-refractivity contribution >= 4 is 0 Å². The Hall–Kier alpha value is -0.0800. The largest absolute Gasteiger partial charge is 0.393 e. The van der Waals surface area contributed by atoms with Crippen LogP contribution in [0.1, 0.15) is 34.1 Å². The van der Waals surface area contributed by atoms with Crippen LogP contribution in [-0.2, 0) is 4.74 Å². The predicted molar refractivity (Wildman–Crippen MR) is 51.1 cm³/mol. The van der Waals surface area contributed by atoms with Gasteiger partial charge in [0.1, 0.15) is 0 Å². The van der Waals surface area contributed by atoms with E-state index in [2.05, 4.69) is 13.8 Å². The highest BCUT2D eigenvalue weighted by Gasteiger charge is 2.07. The quantitative estimate of drug-likeness (QED) is 0.625. The molecule has 2 atom stereocenters. The van der Waals surface area contributed by atoms with Crippen LogP contribution in [0.5, 0.6) is 0 Å². The first kappa shape index (κ1) is 11.9. The summed E-state index contributed by atoms with van der Waals surface area (Å²) in [5.41, 5.74) is 0. The summed E-state index contributed by atoms with van der Waals surface area (Å²) < 4.78 is 5.40. The Morgan fingerprint density at radius 3 is 2.17 bits per heavy atom.